The summed E-state index contributed by atoms with van der Waals surface area (Å²) in [5, 5.41) is 6.23. The van der Waals surface area contributed by atoms with Crippen molar-refractivity contribution in [2.45, 2.75) is 46.6 Å². The van der Waals surface area contributed by atoms with Gasteiger partial charge in [-0.2, -0.15) is 0 Å². The van der Waals surface area contributed by atoms with Crippen LogP contribution in [-0.2, 0) is 4.79 Å². The van der Waals surface area contributed by atoms with E-state index in [1.165, 1.54) is 0 Å². The zero-order valence-corrected chi connectivity index (χ0v) is 12.1. The monoisotopic (exact) mass is 248 g/mol. The molecule has 0 saturated heterocycles. The van der Waals surface area contributed by atoms with Gasteiger partial charge in [-0.05, 0) is 45.2 Å². The van der Waals surface area contributed by atoms with Gasteiger partial charge in [-0.25, -0.2) is 0 Å². The van der Waals surface area contributed by atoms with E-state index in [0.29, 0.717) is 6.54 Å². The third-order valence-electron chi connectivity index (χ3n) is 3.36. The lowest BCUT2D eigenvalue weighted by Crippen LogP contribution is -2.43. The van der Waals surface area contributed by atoms with Crippen LogP contribution in [0.4, 0.5) is 5.69 Å². The molecule has 0 aliphatic carbocycles. The molecule has 0 bridgehead atoms. The van der Waals surface area contributed by atoms with Gasteiger partial charge in [0.25, 0.3) is 0 Å². The SMILES string of the molecule is CCC(C)(C)NCC(=O)Nc1c(C)cccc1C. The van der Waals surface area contributed by atoms with Crippen molar-refractivity contribution >= 4 is 11.6 Å². The van der Waals surface area contributed by atoms with E-state index in [1.807, 2.05) is 32.0 Å². The van der Waals surface area contributed by atoms with Crippen LogP contribution in [0.1, 0.15) is 38.3 Å². The molecule has 0 fully saturated rings. The predicted molar refractivity (Wildman–Crippen MR) is 76.9 cm³/mol. The van der Waals surface area contributed by atoms with Crippen LogP contribution < -0.4 is 10.6 Å². The number of hydrogen-bond acceptors (Lipinski definition) is 2. The van der Waals surface area contributed by atoms with Crippen molar-refractivity contribution in [2.24, 2.45) is 0 Å². The van der Waals surface area contributed by atoms with Crippen LogP contribution >= 0.6 is 0 Å². The first kappa shape index (κ1) is 14.7. The van der Waals surface area contributed by atoms with Crippen LogP contribution in [-0.4, -0.2) is 18.0 Å². The highest BCUT2D eigenvalue weighted by Crippen LogP contribution is 2.19. The van der Waals surface area contributed by atoms with Crippen molar-refractivity contribution in [3.05, 3.63) is 29.3 Å². The molecule has 1 amide bonds. The Bertz CT molecular complexity index is 404. The summed E-state index contributed by atoms with van der Waals surface area (Å²) >= 11 is 0. The van der Waals surface area contributed by atoms with Crippen molar-refractivity contribution in [1.29, 1.82) is 0 Å². The van der Waals surface area contributed by atoms with Gasteiger partial charge in [0.05, 0.1) is 6.54 Å². The number of nitrogens with one attached hydrogen (secondary N) is 2. The highest BCUT2D eigenvalue weighted by Gasteiger charge is 2.15. The summed E-state index contributed by atoms with van der Waals surface area (Å²) in [6.07, 6.45) is 0.990. The third-order valence-corrected chi connectivity index (χ3v) is 3.36. The van der Waals surface area contributed by atoms with Gasteiger partial charge >= 0.3 is 0 Å². The standard InChI is InChI=1S/C15H24N2O/c1-6-15(4,5)16-10-13(18)17-14-11(2)8-7-9-12(14)3/h7-9,16H,6,10H2,1-5H3,(H,17,18). The van der Waals surface area contributed by atoms with E-state index in [1.54, 1.807) is 0 Å². The fourth-order valence-electron chi connectivity index (χ4n) is 1.64. The number of rotatable bonds is 5. The van der Waals surface area contributed by atoms with Gasteiger partial charge in [0, 0.05) is 11.2 Å². The number of hydrogen-bond donors (Lipinski definition) is 2. The number of benzene rings is 1. The molecule has 1 aromatic carbocycles. The Labute approximate surface area is 110 Å². The zero-order valence-electron chi connectivity index (χ0n) is 12.1. The lowest BCUT2D eigenvalue weighted by Gasteiger charge is -2.24. The van der Waals surface area contributed by atoms with Gasteiger partial charge in [-0.15, -0.1) is 0 Å². The van der Waals surface area contributed by atoms with Crippen molar-refractivity contribution in [3.63, 3.8) is 0 Å². The van der Waals surface area contributed by atoms with E-state index in [0.717, 1.165) is 23.2 Å². The van der Waals surface area contributed by atoms with E-state index < -0.39 is 0 Å². The van der Waals surface area contributed by atoms with Gasteiger partial charge in [0.1, 0.15) is 0 Å². The van der Waals surface area contributed by atoms with Gasteiger partial charge in [-0.1, -0.05) is 25.1 Å². The first-order valence-electron chi connectivity index (χ1n) is 6.47. The molecule has 0 aliphatic heterocycles. The molecule has 0 unspecified atom stereocenters. The average molecular weight is 248 g/mol. The smallest absolute Gasteiger partial charge is 0.238 e. The fraction of sp³-hybridized carbons (Fsp3) is 0.533. The van der Waals surface area contributed by atoms with E-state index in [-0.39, 0.29) is 11.4 Å². The number of aryl methyl sites for hydroxylation is 2. The molecule has 0 spiro atoms. The van der Waals surface area contributed by atoms with Gasteiger partial charge in [0.2, 0.25) is 5.91 Å². The summed E-state index contributed by atoms with van der Waals surface area (Å²) in [6, 6.07) is 6.01. The summed E-state index contributed by atoms with van der Waals surface area (Å²) < 4.78 is 0. The molecule has 3 heteroatoms. The normalized spacial score (nSPS) is 11.4. The highest BCUT2D eigenvalue weighted by molar-refractivity contribution is 5.93. The third kappa shape index (κ3) is 4.15. The predicted octanol–water partition coefficient (Wildman–Crippen LogP) is 3.02. The van der Waals surface area contributed by atoms with Crippen molar-refractivity contribution in [3.8, 4) is 0 Å². The molecule has 18 heavy (non-hydrogen) atoms. The summed E-state index contributed by atoms with van der Waals surface area (Å²) in [4.78, 5) is 11.9. The van der Waals surface area contributed by atoms with Gasteiger partial charge in [-0.3, -0.25) is 4.79 Å². The van der Waals surface area contributed by atoms with E-state index in [2.05, 4.69) is 31.4 Å². The summed E-state index contributed by atoms with van der Waals surface area (Å²) in [6.45, 7) is 10.7. The van der Waals surface area contributed by atoms with Crippen molar-refractivity contribution in [1.82, 2.24) is 5.32 Å². The molecule has 3 nitrogen and oxygen atoms in total. The molecule has 0 heterocycles. The molecule has 0 radical (unpaired) electrons. The van der Waals surface area contributed by atoms with Crippen LogP contribution in [0.15, 0.2) is 18.2 Å². The Morgan fingerprint density at radius 3 is 2.28 bits per heavy atom. The number of para-hydroxylation sites is 1. The fourth-order valence-corrected chi connectivity index (χ4v) is 1.64. The Hall–Kier alpha value is -1.35. The molecule has 1 aromatic rings. The molecule has 100 valence electrons. The number of carbonyl (C=O) groups is 1. The number of carbonyl (C=O) groups excluding carboxylic acids is 1. The van der Waals surface area contributed by atoms with Gasteiger partial charge < -0.3 is 10.6 Å². The molecule has 1 rings (SSSR count). The molecule has 2 N–H and O–H groups in total. The van der Waals surface area contributed by atoms with E-state index >= 15 is 0 Å². The first-order chi connectivity index (χ1) is 8.35. The minimum atomic E-state index is -0.00187. The minimum absolute atomic E-state index is 0.00187. The molecule has 0 atom stereocenters. The Morgan fingerprint density at radius 1 is 1.22 bits per heavy atom. The molecular formula is C15H24N2O. The van der Waals surface area contributed by atoms with Crippen LogP contribution in [0, 0.1) is 13.8 Å². The summed E-state index contributed by atoms with van der Waals surface area (Å²) in [5.41, 5.74) is 3.12. The molecule has 0 aromatic heterocycles. The van der Waals surface area contributed by atoms with Crippen LogP contribution in [0.25, 0.3) is 0 Å². The first-order valence-corrected chi connectivity index (χ1v) is 6.47. The van der Waals surface area contributed by atoms with E-state index in [9.17, 15) is 4.79 Å². The van der Waals surface area contributed by atoms with Crippen LogP contribution in [0.3, 0.4) is 0 Å². The second-order valence-electron chi connectivity index (χ2n) is 5.41. The average Bonchev–Trinajstić information content (AvgIpc) is 2.32. The van der Waals surface area contributed by atoms with Gasteiger partial charge in [0.15, 0.2) is 0 Å². The Morgan fingerprint density at radius 2 is 1.78 bits per heavy atom. The molecule has 0 aliphatic rings. The Balaban J connectivity index is 2.61. The van der Waals surface area contributed by atoms with Crippen LogP contribution in [0.2, 0.25) is 0 Å². The van der Waals surface area contributed by atoms with Crippen molar-refractivity contribution < 1.29 is 4.79 Å². The highest BCUT2D eigenvalue weighted by atomic mass is 16.1. The maximum Gasteiger partial charge on any atom is 0.238 e. The Kier molecular flexibility index (Phi) is 4.91. The number of amides is 1. The second-order valence-corrected chi connectivity index (χ2v) is 5.41. The lowest BCUT2D eigenvalue weighted by molar-refractivity contribution is -0.115. The number of anilines is 1. The van der Waals surface area contributed by atoms with Crippen LogP contribution in [0.5, 0.6) is 0 Å². The molecule has 0 saturated carbocycles. The van der Waals surface area contributed by atoms with Crippen molar-refractivity contribution in [2.75, 3.05) is 11.9 Å². The summed E-state index contributed by atoms with van der Waals surface area (Å²) in [7, 11) is 0. The zero-order chi connectivity index (χ0) is 13.8. The molecular weight excluding hydrogens is 224 g/mol. The maximum atomic E-state index is 11.9. The summed E-state index contributed by atoms with van der Waals surface area (Å²) in [5.74, 6) is 0.00826. The topological polar surface area (TPSA) is 41.1 Å². The largest absolute Gasteiger partial charge is 0.324 e. The minimum Gasteiger partial charge on any atom is -0.324 e. The second kappa shape index (κ2) is 6.01. The maximum absolute atomic E-state index is 11.9. The quantitative estimate of drug-likeness (QED) is 0.841. The van der Waals surface area contributed by atoms with E-state index in [4.69, 9.17) is 0 Å². The lowest BCUT2D eigenvalue weighted by atomic mass is 10.0.